The molecule has 0 aliphatic heterocycles. The van der Waals surface area contributed by atoms with Gasteiger partial charge in [-0.25, -0.2) is 0 Å². The Morgan fingerprint density at radius 1 is 1.24 bits per heavy atom. The molecule has 0 saturated carbocycles. The Labute approximate surface area is 107 Å². The molecule has 0 N–H and O–H groups in total. The molecule has 2 aromatic rings. The Morgan fingerprint density at radius 3 is 2.59 bits per heavy atom. The molecule has 0 saturated heterocycles. The molecule has 0 radical (unpaired) electrons. The lowest BCUT2D eigenvalue weighted by atomic mass is 10.1. The molecule has 17 heavy (non-hydrogen) atoms. The first-order valence-electron chi connectivity index (χ1n) is 6.05. The number of aromatic nitrogens is 2. The summed E-state index contributed by atoms with van der Waals surface area (Å²) >= 11 is 6.18. The van der Waals surface area contributed by atoms with Crippen molar-refractivity contribution in [2.24, 2.45) is 0 Å². The van der Waals surface area contributed by atoms with E-state index in [-0.39, 0.29) is 0 Å². The number of hydrogen-bond acceptors (Lipinski definition) is 1. The zero-order chi connectivity index (χ0) is 12.3. The maximum atomic E-state index is 6.18. The van der Waals surface area contributed by atoms with Crippen LogP contribution in [0.1, 0.15) is 32.7 Å². The summed E-state index contributed by atoms with van der Waals surface area (Å²) < 4.78 is 2.04. The maximum Gasteiger partial charge on any atom is 0.0568 e. The summed E-state index contributed by atoms with van der Waals surface area (Å²) in [5, 5.41) is 5.21. The second-order valence-corrected chi connectivity index (χ2v) is 4.57. The standard InChI is InChI=1S/C14H17ClN2/c1-3-12(4-2)17-10-11(9-16-17)13-7-5-6-8-14(13)15/h5-10,12H,3-4H2,1-2H3. The molecule has 0 bridgehead atoms. The van der Waals surface area contributed by atoms with E-state index in [0.29, 0.717) is 6.04 Å². The van der Waals surface area contributed by atoms with E-state index in [4.69, 9.17) is 11.6 Å². The van der Waals surface area contributed by atoms with Crippen LogP contribution in [-0.2, 0) is 0 Å². The lowest BCUT2D eigenvalue weighted by Gasteiger charge is -2.12. The van der Waals surface area contributed by atoms with Gasteiger partial charge in [0.25, 0.3) is 0 Å². The predicted molar refractivity (Wildman–Crippen MR) is 72.3 cm³/mol. The molecule has 1 heterocycles. The van der Waals surface area contributed by atoms with Crippen molar-refractivity contribution in [3.8, 4) is 11.1 Å². The van der Waals surface area contributed by atoms with Crippen molar-refractivity contribution in [1.82, 2.24) is 9.78 Å². The Bertz CT molecular complexity index is 486. The van der Waals surface area contributed by atoms with Crippen molar-refractivity contribution < 1.29 is 0 Å². The van der Waals surface area contributed by atoms with Gasteiger partial charge in [-0.05, 0) is 18.9 Å². The Balaban J connectivity index is 2.33. The molecule has 1 aromatic heterocycles. The smallest absolute Gasteiger partial charge is 0.0568 e. The van der Waals surface area contributed by atoms with E-state index in [0.717, 1.165) is 29.0 Å². The number of benzene rings is 1. The molecule has 0 fully saturated rings. The number of rotatable bonds is 4. The lowest BCUT2D eigenvalue weighted by molar-refractivity contribution is 0.428. The second kappa shape index (κ2) is 5.37. The lowest BCUT2D eigenvalue weighted by Crippen LogP contribution is -2.06. The van der Waals surface area contributed by atoms with Crippen LogP contribution in [0, 0.1) is 0 Å². The highest BCUT2D eigenvalue weighted by atomic mass is 35.5. The van der Waals surface area contributed by atoms with E-state index < -0.39 is 0 Å². The van der Waals surface area contributed by atoms with E-state index in [9.17, 15) is 0 Å². The monoisotopic (exact) mass is 248 g/mol. The molecule has 0 aliphatic rings. The molecular formula is C14H17ClN2. The summed E-state index contributed by atoms with van der Waals surface area (Å²) in [6.07, 6.45) is 6.17. The van der Waals surface area contributed by atoms with Gasteiger partial charge in [0, 0.05) is 22.3 Å². The molecule has 0 atom stereocenters. The average molecular weight is 249 g/mol. The van der Waals surface area contributed by atoms with Crippen LogP contribution in [0.2, 0.25) is 5.02 Å². The summed E-state index contributed by atoms with van der Waals surface area (Å²) in [4.78, 5) is 0. The normalized spacial score (nSPS) is 11.1. The van der Waals surface area contributed by atoms with Crippen LogP contribution in [0.4, 0.5) is 0 Å². The maximum absolute atomic E-state index is 6.18. The van der Waals surface area contributed by atoms with Crippen LogP contribution >= 0.6 is 11.6 Å². The topological polar surface area (TPSA) is 17.8 Å². The fourth-order valence-electron chi connectivity index (χ4n) is 2.03. The molecule has 3 heteroatoms. The minimum atomic E-state index is 0.478. The van der Waals surface area contributed by atoms with E-state index in [2.05, 4.69) is 25.1 Å². The van der Waals surface area contributed by atoms with Gasteiger partial charge >= 0.3 is 0 Å². The highest BCUT2D eigenvalue weighted by Gasteiger charge is 2.10. The first kappa shape index (κ1) is 12.2. The molecule has 2 rings (SSSR count). The molecular weight excluding hydrogens is 232 g/mol. The van der Waals surface area contributed by atoms with Crippen molar-refractivity contribution in [2.75, 3.05) is 0 Å². The summed E-state index contributed by atoms with van der Waals surface area (Å²) in [7, 11) is 0. The third kappa shape index (κ3) is 2.52. The van der Waals surface area contributed by atoms with Crippen LogP contribution in [0.25, 0.3) is 11.1 Å². The summed E-state index contributed by atoms with van der Waals surface area (Å²) in [5.74, 6) is 0. The van der Waals surface area contributed by atoms with Gasteiger partial charge in [0.15, 0.2) is 0 Å². The highest BCUT2D eigenvalue weighted by molar-refractivity contribution is 6.33. The van der Waals surface area contributed by atoms with Crippen LogP contribution in [0.3, 0.4) is 0 Å². The fraction of sp³-hybridized carbons (Fsp3) is 0.357. The first-order chi connectivity index (χ1) is 8.26. The number of hydrogen-bond donors (Lipinski definition) is 0. The zero-order valence-electron chi connectivity index (χ0n) is 10.2. The van der Waals surface area contributed by atoms with Crippen molar-refractivity contribution in [2.45, 2.75) is 32.7 Å². The zero-order valence-corrected chi connectivity index (χ0v) is 11.0. The predicted octanol–water partition coefficient (Wildman–Crippen LogP) is 4.56. The van der Waals surface area contributed by atoms with Crippen LogP contribution in [0.15, 0.2) is 36.7 Å². The molecule has 0 amide bonds. The van der Waals surface area contributed by atoms with Gasteiger partial charge in [0.05, 0.1) is 12.2 Å². The van der Waals surface area contributed by atoms with Gasteiger partial charge in [0.2, 0.25) is 0 Å². The van der Waals surface area contributed by atoms with Gasteiger partial charge in [-0.3, -0.25) is 4.68 Å². The molecule has 2 nitrogen and oxygen atoms in total. The van der Waals surface area contributed by atoms with Crippen molar-refractivity contribution in [1.29, 1.82) is 0 Å². The van der Waals surface area contributed by atoms with Crippen LogP contribution in [0.5, 0.6) is 0 Å². The second-order valence-electron chi connectivity index (χ2n) is 4.16. The third-order valence-corrected chi connectivity index (χ3v) is 3.43. The van der Waals surface area contributed by atoms with Gasteiger partial charge in [-0.1, -0.05) is 43.6 Å². The van der Waals surface area contributed by atoms with Crippen LogP contribution in [-0.4, -0.2) is 9.78 Å². The van der Waals surface area contributed by atoms with Crippen molar-refractivity contribution >= 4 is 11.6 Å². The van der Waals surface area contributed by atoms with E-state index >= 15 is 0 Å². The number of halogens is 1. The highest BCUT2D eigenvalue weighted by Crippen LogP contribution is 2.28. The Hall–Kier alpha value is -1.28. The Morgan fingerprint density at radius 2 is 1.94 bits per heavy atom. The van der Waals surface area contributed by atoms with Crippen molar-refractivity contribution in [3.05, 3.63) is 41.7 Å². The van der Waals surface area contributed by atoms with Gasteiger partial charge in [-0.15, -0.1) is 0 Å². The van der Waals surface area contributed by atoms with Gasteiger partial charge in [0.1, 0.15) is 0 Å². The SMILES string of the molecule is CCC(CC)n1cc(-c2ccccc2Cl)cn1. The molecule has 0 unspecified atom stereocenters. The van der Waals surface area contributed by atoms with Gasteiger partial charge in [-0.2, -0.15) is 5.10 Å². The largest absolute Gasteiger partial charge is 0.269 e. The molecule has 1 aromatic carbocycles. The van der Waals surface area contributed by atoms with Crippen molar-refractivity contribution in [3.63, 3.8) is 0 Å². The summed E-state index contributed by atoms with van der Waals surface area (Å²) in [6.45, 7) is 4.37. The number of nitrogens with zero attached hydrogens (tertiary/aromatic N) is 2. The molecule has 0 spiro atoms. The summed E-state index contributed by atoms with van der Waals surface area (Å²) in [6, 6.07) is 8.35. The quantitative estimate of drug-likeness (QED) is 0.775. The minimum Gasteiger partial charge on any atom is -0.269 e. The summed E-state index contributed by atoms with van der Waals surface area (Å²) in [5.41, 5.74) is 2.13. The van der Waals surface area contributed by atoms with E-state index in [1.165, 1.54) is 0 Å². The first-order valence-corrected chi connectivity index (χ1v) is 6.43. The Kier molecular flexibility index (Phi) is 3.85. The third-order valence-electron chi connectivity index (χ3n) is 3.10. The van der Waals surface area contributed by atoms with Crippen LogP contribution < -0.4 is 0 Å². The fourth-order valence-corrected chi connectivity index (χ4v) is 2.28. The van der Waals surface area contributed by atoms with Gasteiger partial charge < -0.3 is 0 Å². The van der Waals surface area contributed by atoms with E-state index in [1.807, 2.05) is 35.1 Å². The molecule has 0 aliphatic carbocycles. The minimum absolute atomic E-state index is 0.478. The van der Waals surface area contributed by atoms with E-state index in [1.54, 1.807) is 0 Å². The average Bonchev–Trinajstić information content (AvgIpc) is 2.81. The molecule has 90 valence electrons.